The molecule has 0 saturated heterocycles. The largest absolute Gasteiger partial charge is 0.464 e. The molecule has 1 atom stereocenters. The molecule has 1 unspecified atom stereocenters. The highest BCUT2D eigenvalue weighted by Gasteiger charge is 2.08. The minimum absolute atomic E-state index is 0.427. The lowest BCUT2D eigenvalue weighted by Gasteiger charge is -2.05. The molecule has 2 rings (SSSR count). The van der Waals surface area contributed by atoms with Crippen LogP contribution in [0.5, 0.6) is 0 Å². The van der Waals surface area contributed by atoms with Crippen LogP contribution in [-0.4, -0.2) is 10.3 Å². The maximum atomic E-state index is 12.1. The molecule has 0 bridgehead atoms. The molecule has 1 aromatic carbocycles. The quantitative estimate of drug-likeness (QED) is 0.851. The number of furan rings is 1. The first-order valence-electron chi connectivity index (χ1n) is 6.83. The average molecular weight is 291 g/mol. The molecule has 1 heterocycles. The summed E-state index contributed by atoms with van der Waals surface area (Å²) in [7, 11) is -0.936. The van der Waals surface area contributed by atoms with E-state index in [1.54, 1.807) is 0 Å². The van der Waals surface area contributed by atoms with Gasteiger partial charge in [0.2, 0.25) is 0 Å². The van der Waals surface area contributed by atoms with Crippen LogP contribution in [0.3, 0.4) is 0 Å². The molecule has 0 aliphatic rings. The maximum Gasteiger partial charge on any atom is 0.118 e. The van der Waals surface area contributed by atoms with Crippen LogP contribution in [0.4, 0.5) is 0 Å². The summed E-state index contributed by atoms with van der Waals surface area (Å²) in [5.41, 5.74) is 1.10. The van der Waals surface area contributed by atoms with Crippen LogP contribution < -0.4 is 5.32 Å². The molecule has 0 spiro atoms. The number of nitrogens with one attached hydrogen (secondary N) is 1. The van der Waals surface area contributed by atoms with Gasteiger partial charge in [0.1, 0.15) is 11.5 Å². The van der Waals surface area contributed by atoms with Crippen LogP contribution in [0.25, 0.3) is 0 Å². The van der Waals surface area contributed by atoms with Gasteiger partial charge in [-0.15, -0.1) is 0 Å². The second-order valence-corrected chi connectivity index (χ2v) is 6.57. The molecule has 0 saturated carbocycles. The number of rotatable bonds is 7. The zero-order valence-corrected chi connectivity index (χ0v) is 12.8. The van der Waals surface area contributed by atoms with Crippen molar-refractivity contribution in [2.45, 2.75) is 37.9 Å². The Hall–Kier alpha value is -1.39. The van der Waals surface area contributed by atoms with Crippen molar-refractivity contribution in [1.82, 2.24) is 5.32 Å². The third-order valence-electron chi connectivity index (χ3n) is 2.88. The summed E-state index contributed by atoms with van der Waals surface area (Å²) in [5, 5.41) is 3.30. The average Bonchev–Trinajstić information content (AvgIpc) is 2.85. The van der Waals surface area contributed by atoms with E-state index in [2.05, 4.69) is 19.2 Å². The van der Waals surface area contributed by atoms with Gasteiger partial charge in [-0.2, -0.15) is 0 Å². The summed E-state index contributed by atoms with van der Waals surface area (Å²) >= 11 is 0. The zero-order chi connectivity index (χ0) is 14.4. The monoisotopic (exact) mass is 291 g/mol. The van der Waals surface area contributed by atoms with Gasteiger partial charge in [-0.1, -0.05) is 44.2 Å². The Balaban J connectivity index is 1.85. The van der Waals surface area contributed by atoms with E-state index in [1.165, 1.54) is 0 Å². The highest BCUT2D eigenvalue weighted by molar-refractivity contribution is 7.83. The molecule has 1 aromatic heterocycles. The molecule has 0 fully saturated rings. The fourth-order valence-electron chi connectivity index (χ4n) is 1.87. The summed E-state index contributed by atoms with van der Waals surface area (Å²) in [6.45, 7) is 4.90. The smallest absolute Gasteiger partial charge is 0.118 e. The Morgan fingerprint density at radius 3 is 2.45 bits per heavy atom. The van der Waals surface area contributed by atoms with Gasteiger partial charge in [-0.3, -0.25) is 4.21 Å². The van der Waals surface area contributed by atoms with Crippen molar-refractivity contribution >= 4 is 10.8 Å². The normalized spacial score (nSPS) is 12.8. The molecule has 2 aromatic rings. The predicted molar refractivity (Wildman–Crippen MR) is 82.7 cm³/mol. The predicted octanol–water partition coefficient (Wildman–Crippen LogP) is 3.23. The van der Waals surface area contributed by atoms with Crippen LogP contribution in [-0.2, 0) is 28.9 Å². The summed E-state index contributed by atoms with van der Waals surface area (Å²) in [5.74, 6) is 2.72. The standard InChI is InChI=1S/C16H21NO2S/c1-13(2)17-10-15-8-9-16(19-15)12-20(18)11-14-6-4-3-5-7-14/h3-9,13,17H,10-12H2,1-2H3. The van der Waals surface area contributed by atoms with Crippen LogP contribution in [0.1, 0.15) is 30.9 Å². The first kappa shape index (κ1) is 15.0. The van der Waals surface area contributed by atoms with Gasteiger partial charge in [0, 0.05) is 22.6 Å². The number of hydrogen-bond acceptors (Lipinski definition) is 3. The van der Waals surface area contributed by atoms with Gasteiger partial charge >= 0.3 is 0 Å². The molecule has 1 N–H and O–H groups in total. The van der Waals surface area contributed by atoms with E-state index < -0.39 is 10.8 Å². The van der Waals surface area contributed by atoms with E-state index in [-0.39, 0.29) is 0 Å². The van der Waals surface area contributed by atoms with E-state index >= 15 is 0 Å². The van der Waals surface area contributed by atoms with Gasteiger partial charge in [-0.25, -0.2) is 0 Å². The van der Waals surface area contributed by atoms with E-state index in [0.29, 0.717) is 24.1 Å². The molecule has 0 aliphatic heterocycles. The molecule has 0 amide bonds. The van der Waals surface area contributed by atoms with Crippen molar-refractivity contribution < 1.29 is 8.63 Å². The molecule has 0 radical (unpaired) electrons. The van der Waals surface area contributed by atoms with Crippen molar-refractivity contribution in [2.24, 2.45) is 0 Å². The third kappa shape index (κ3) is 4.94. The maximum absolute atomic E-state index is 12.1. The molecule has 0 aliphatic carbocycles. The Morgan fingerprint density at radius 2 is 1.75 bits per heavy atom. The van der Waals surface area contributed by atoms with E-state index in [1.807, 2.05) is 42.5 Å². The zero-order valence-electron chi connectivity index (χ0n) is 12.0. The molecule has 108 valence electrons. The van der Waals surface area contributed by atoms with Crippen molar-refractivity contribution in [3.63, 3.8) is 0 Å². The van der Waals surface area contributed by atoms with Gasteiger partial charge in [0.05, 0.1) is 12.3 Å². The number of hydrogen-bond donors (Lipinski definition) is 1. The number of benzene rings is 1. The third-order valence-corrected chi connectivity index (χ3v) is 4.14. The fourth-order valence-corrected chi connectivity index (χ4v) is 3.01. The second kappa shape index (κ2) is 7.41. The van der Waals surface area contributed by atoms with Crippen LogP contribution in [0.15, 0.2) is 46.9 Å². The van der Waals surface area contributed by atoms with Crippen molar-refractivity contribution in [1.29, 1.82) is 0 Å². The van der Waals surface area contributed by atoms with Crippen LogP contribution in [0, 0.1) is 0 Å². The Kier molecular flexibility index (Phi) is 5.56. The summed E-state index contributed by atoms with van der Waals surface area (Å²) < 4.78 is 17.8. The lowest BCUT2D eigenvalue weighted by molar-refractivity contribution is 0.445. The molecular weight excluding hydrogens is 270 g/mol. The first-order valence-corrected chi connectivity index (χ1v) is 8.32. The van der Waals surface area contributed by atoms with Gasteiger partial charge in [-0.05, 0) is 17.7 Å². The van der Waals surface area contributed by atoms with Gasteiger partial charge in [0.25, 0.3) is 0 Å². The Bertz CT molecular complexity index is 549. The van der Waals surface area contributed by atoms with Gasteiger partial charge < -0.3 is 9.73 Å². The Morgan fingerprint density at radius 1 is 1.05 bits per heavy atom. The molecule has 3 nitrogen and oxygen atoms in total. The van der Waals surface area contributed by atoms with Crippen LogP contribution in [0.2, 0.25) is 0 Å². The lowest BCUT2D eigenvalue weighted by atomic mass is 10.2. The van der Waals surface area contributed by atoms with Crippen molar-refractivity contribution in [3.8, 4) is 0 Å². The highest BCUT2D eigenvalue weighted by Crippen LogP contribution is 2.12. The SMILES string of the molecule is CC(C)NCc1ccc(CS(=O)Cc2ccccc2)o1. The molecule has 20 heavy (non-hydrogen) atoms. The van der Waals surface area contributed by atoms with Crippen molar-refractivity contribution in [3.05, 3.63) is 59.5 Å². The van der Waals surface area contributed by atoms with Gasteiger partial charge in [0.15, 0.2) is 0 Å². The molecule has 4 heteroatoms. The van der Waals surface area contributed by atoms with E-state index in [4.69, 9.17) is 4.42 Å². The fraction of sp³-hybridized carbons (Fsp3) is 0.375. The van der Waals surface area contributed by atoms with E-state index in [9.17, 15) is 4.21 Å². The van der Waals surface area contributed by atoms with Crippen LogP contribution >= 0.6 is 0 Å². The highest BCUT2D eigenvalue weighted by atomic mass is 32.2. The topological polar surface area (TPSA) is 42.2 Å². The first-order chi connectivity index (χ1) is 9.63. The molecular formula is C16H21NO2S. The van der Waals surface area contributed by atoms with Crippen molar-refractivity contribution in [2.75, 3.05) is 0 Å². The summed E-state index contributed by atoms with van der Waals surface area (Å²) in [6.07, 6.45) is 0. The van der Waals surface area contributed by atoms with E-state index in [0.717, 1.165) is 17.1 Å². The summed E-state index contributed by atoms with van der Waals surface area (Å²) in [4.78, 5) is 0. The Labute approximate surface area is 122 Å². The summed E-state index contributed by atoms with van der Waals surface area (Å²) in [6, 6.07) is 14.2. The minimum atomic E-state index is -0.936. The minimum Gasteiger partial charge on any atom is -0.464 e. The second-order valence-electron chi connectivity index (χ2n) is 5.12. The lowest BCUT2D eigenvalue weighted by Crippen LogP contribution is -2.21.